The van der Waals surface area contributed by atoms with Crippen LogP contribution in [0.3, 0.4) is 0 Å². The van der Waals surface area contributed by atoms with Crippen molar-refractivity contribution in [2.24, 2.45) is 0 Å². The van der Waals surface area contributed by atoms with Crippen LogP contribution in [0, 0.1) is 0 Å². The van der Waals surface area contributed by atoms with Crippen molar-refractivity contribution in [2.45, 2.75) is 57.0 Å². The van der Waals surface area contributed by atoms with Gasteiger partial charge in [0.2, 0.25) is 5.91 Å². The maximum atomic E-state index is 13.3. The average Bonchev–Trinajstić information content (AvgIpc) is 3.32. The number of piperidine rings is 2. The Kier molecular flexibility index (Phi) is 7.79. The molecule has 186 valence electrons. The molecule has 0 aliphatic carbocycles. The number of para-hydroxylation sites is 1. The SMILES string of the molecule is O=C(NCCCN1CCC(N2CCCCC2)CC1)[C@@H]1Cc2ccccc2N1C(=O)c1ccccc1. The van der Waals surface area contributed by atoms with E-state index in [9.17, 15) is 9.59 Å². The number of hydrogen-bond acceptors (Lipinski definition) is 4. The van der Waals surface area contributed by atoms with E-state index >= 15 is 0 Å². The average molecular weight is 475 g/mol. The largest absolute Gasteiger partial charge is 0.354 e. The third-order valence-corrected chi connectivity index (χ3v) is 7.93. The molecule has 5 rings (SSSR count). The van der Waals surface area contributed by atoms with E-state index < -0.39 is 6.04 Å². The summed E-state index contributed by atoms with van der Waals surface area (Å²) < 4.78 is 0. The second-order valence-electron chi connectivity index (χ2n) is 10.2. The maximum absolute atomic E-state index is 13.3. The molecule has 3 aliphatic rings. The number of carbonyl (C=O) groups excluding carboxylic acids is 2. The lowest BCUT2D eigenvalue weighted by Crippen LogP contribution is -2.49. The van der Waals surface area contributed by atoms with Gasteiger partial charge in [0.15, 0.2) is 0 Å². The standard InChI is InChI=1S/C29H38N4O2/c34-28(30-16-9-17-31-20-14-25(15-21-31)32-18-7-2-8-19-32)27-22-24-12-5-6-13-26(24)33(27)29(35)23-10-3-1-4-11-23/h1,3-6,10-13,25,27H,2,7-9,14-22H2,(H,30,34)/t27-/m0/s1. The van der Waals surface area contributed by atoms with Crippen LogP contribution in [0.15, 0.2) is 54.6 Å². The molecule has 2 aromatic carbocycles. The predicted molar refractivity (Wildman–Crippen MR) is 140 cm³/mol. The molecular formula is C29H38N4O2. The van der Waals surface area contributed by atoms with Gasteiger partial charge in [-0.3, -0.25) is 14.5 Å². The number of carbonyl (C=O) groups is 2. The molecule has 0 saturated carbocycles. The van der Waals surface area contributed by atoms with Crippen LogP contribution in [-0.2, 0) is 11.2 Å². The van der Waals surface area contributed by atoms with Crippen molar-refractivity contribution in [3.8, 4) is 0 Å². The quantitative estimate of drug-likeness (QED) is 0.622. The Morgan fingerprint density at radius 3 is 2.34 bits per heavy atom. The number of amides is 2. The number of nitrogens with one attached hydrogen (secondary N) is 1. The van der Waals surface area contributed by atoms with Crippen molar-refractivity contribution in [1.29, 1.82) is 0 Å². The van der Waals surface area contributed by atoms with E-state index in [2.05, 4.69) is 15.1 Å². The van der Waals surface area contributed by atoms with E-state index in [-0.39, 0.29) is 11.8 Å². The van der Waals surface area contributed by atoms with Crippen molar-refractivity contribution in [2.75, 3.05) is 44.2 Å². The van der Waals surface area contributed by atoms with Gasteiger partial charge >= 0.3 is 0 Å². The van der Waals surface area contributed by atoms with Crippen molar-refractivity contribution in [3.63, 3.8) is 0 Å². The fraction of sp³-hybridized carbons (Fsp3) is 0.517. The highest BCUT2D eigenvalue weighted by atomic mass is 16.2. The molecule has 0 bridgehead atoms. The maximum Gasteiger partial charge on any atom is 0.259 e. The minimum atomic E-state index is -0.500. The first-order valence-corrected chi connectivity index (χ1v) is 13.4. The topological polar surface area (TPSA) is 55.9 Å². The molecule has 0 aromatic heterocycles. The van der Waals surface area contributed by atoms with Crippen LogP contribution in [0.2, 0.25) is 0 Å². The van der Waals surface area contributed by atoms with Gasteiger partial charge in [0.1, 0.15) is 6.04 Å². The Labute approximate surface area is 209 Å². The minimum absolute atomic E-state index is 0.0608. The molecule has 0 unspecified atom stereocenters. The van der Waals surface area contributed by atoms with Crippen molar-refractivity contribution >= 4 is 17.5 Å². The number of rotatable bonds is 7. The molecule has 2 fully saturated rings. The molecule has 1 N–H and O–H groups in total. The summed E-state index contributed by atoms with van der Waals surface area (Å²) in [7, 11) is 0. The van der Waals surface area contributed by atoms with E-state index in [1.807, 2.05) is 54.6 Å². The highest BCUT2D eigenvalue weighted by Gasteiger charge is 2.38. The van der Waals surface area contributed by atoms with E-state index in [1.165, 1.54) is 45.2 Å². The molecule has 6 heteroatoms. The van der Waals surface area contributed by atoms with Crippen molar-refractivity contribution in [1.82, 2.24) is 15.1 Å². The molecule has 3 heterocycles. The summed E-state index contributed by atoms with van der Waals surface area (Å²) >= 11 is 0. The predicted octanol–water partition coefficient (Wildman–Crippen LogP) is 3.71. The first-order chi connectivity index (χ1) is 17.2. The summed E-state index contributed by atoms with van der Waals surface area (Å²) in [5.74, 6) is -0.179. The van der Waals surface area contributed by atoms with Crippen LogP contribution in [0.5, 0.6) is 0 Å². The van der Waals surface area contributed by atoms with Gasteiger partial charge in [-0.1, -0.05) is 42.8 Å². The van der Waals surface area contributed by atoms with E-state index in [1.54, 1.807) is 4.90 Å². The van der Waals surface area contributed by atoms with Gasteiger partial charge in [-0.05, 0) is 88.6 Å². The van der Waals surface area contributed by atoms with Crippen molar-refractivity contribution < 1.29 is 9.59 Å². The first kappa shape index (κ1) is 24.0. The number of hydrogen-bond donors (Lipinski definition) is 1. The van der Waals surface area contributed by atoms with Gasteiger partial charge in [-0.2, -0.15) is 0 Å². The van der Waals surface area contributed by atoms with Crippen LogP contribution in [0.4, 0.5) is 5.69 Å². The monoisotopic (exact) mass is 474 g/mol. The molecule has 0 radical (unpaired) electrons. The van der Waals surface area contributed by atoms with Crippen molar-refractivity contribution in [3.05, 3.63) is 65.7 Å². The van der Waals surface area contributed by atoms with E-state index in [0.29, 0.717) is 18.5 Å². The number of anilines is 1. The molecule has 1 atom stereocenters. The fourth-order valence-corrected chi connectivity index (χ4v) is 5.99. The number of fused-ring (bicyclic) bond motifs is 1. The Morgan fingerprint density at radius 2 is 1.57 bits per heavy atom. The van der Waals surface area contributed by atoms with E-state index in [0.717, 1.165) is 43.3 Å². The molecule has 3 aliphatic heterocycles. The Hall–Kier alpha value is -2.70. The fourth-order valence-electron chi connectivity index (χ4n) is 5.99. The zero-order valence-electron chi connectivity index (χ0n) is 20.7. The second kappa shape index (κ2) is 11.4. The van der Waals surface area contributed by atoms with Crippen LogP contribution in [0.25, 0.3) is 0 Å². The zero-order chi connectivity index (χ0) is 24.0. The minimum Gasteiger partial charge on any atom is -0.354 e. The Balaban J connectivity index is 1.11. The highest BCUT2D eigenvalue weighted by molar-refractivity contribution is 6.11. The van der Waals surface area contributed by atoms with Crippen LogP contribution in [-0.4, -0.2) is 73.0 Å². The summed E-state index contributed by atoms with van der Waals surface area (Å²) in [6.45, 7) is 6.55. The third-order valence-electron chi connectivity index (χ3n) is 7.93. The lowest BCUT2D eigenvalue weighted by atomic mass is 10.00. The van der Waals surface area contributed by atoms with Gasteiger partial charge in [-0.15, -0.1) is 0 Å². The smallest absolute Gasteiger partial charge is 0.259 e. The Morgan fingerprint density at radius 1 is 0.857 bits per heavy atom. The summed E-state index contributed by atoms with van der Waals surface area (Å²) in [6.07, 6.45) is 8.15. The van der Waals surface area contributed by atoms with Gasteiger partial charge in [0, 0.05) is 30.3 Å². The number of likely N-dealkylation sites (tertiary alicyclic amines) is 2. The normalized spacial score (nSPS) is 21.6. The third kappa shape index (κ3) is 5.60. The zero-order valence-corrected chi connectivity index (χ0v) is 20.7. The summed E-state index contributed by atoms with van der Waals surface area (Å²) in [5, 5.41) is 3.13. The summed E-state index contributed by atoms with van der Waals surface area (Å²) in [4.78, 5) is 33.5. The van der Waals surface area contributed by atoms with E-state index in [4.69, 9.17) is 0 Å². The van der Waals surface area contributed by atoms with Crippen LogP contribution >= 0.6 is 0 Å². The van der Waals surface area contributed by atoms with Gasteiger partial charge in [-0.25, -0.2) is 0 Å². The van der Waals surface area contributed by atoms with Gasteiger partial charge < -0.3 is 15.1 Å². The summed E-state index contributed by atoms with van der Waals surface area (Å²) in [6, 6.07) is 17.4. The lowest BCUT2D eigenvalue weighted by Gasteiger charge is -2.40. The molecule has 35 heavy (non-hydrogen) atoms. The van der Waals surface area contributed by atoms with Gasteiger partial charge in [0.25, 0.3) is 5.91 Å². The molecular weight excluding hydrogens is 436 g/mol. The second-order valence-corrected chi connectivity index (χ2v) is 10.2. The molecule has 6 nitrogen and oxygen atoms in total. The van der Waals surface area contributed by atoms with Crippen LogP contribution in [0.1, 0.15) is 54.4 Å². The number of benzene rings is 2. The molecule has 2 amide bonds. The highest BCUT2D eigenvalue weighted by Crippen LogP contribution is 2.33. The van der Waals surface area contributed by atoms with Gasteiger partial charge in [0.05, 0.1) is 0 Å². The Bertz CT molecular complexity index is 997. The molecule has 2 aromatic rings. The molecule has 0 spiro atoms. The lowest BCUT2D eigenvalue weighted by molar-refractivity contribution is -0.122. The van der Waals surface area contributed by atoms with Crippen LogP contribution < -0.4 is 10.2 Å². The summed E-state index contributed by atoms with van der Waals surface area (Å²) in [5.41, 5.74) is 2.50. The molecule has 2 saturated heterocycles. The first-order valence-electron chi connectivity index (χ1n) is 13.4. The number of nitrogens with zero attached hydrogens (tertiary/aromatic N) is 3.